The highest BCUT2D eigenvalue weighted by Crippen LogP contribution is 1.96. The van der Waals surface area contributed by atoms with Gasteiger partial charge in [0.2, 0.25) is 0 Å². The van der Waals surface area contributed by atoms with Crippen molar-refractivity contribution in [1.82, 2.24) is 15.5 Å². The van der Waals surface area contributed by atoms with Gasteiger partial charge in [-0.1, -0.05) is 6.92 Å². The van der Waals surface area contributed by atoms with E-state index in [1.807, 2.05) is 6.92 Å². The van der Waals surface area contributed by atoms with Crippen molar-refractivity contribution in [2.24, 2.45) is 0 Å². The molecule has 0 saturated carbocycles. The van der Waals surface area contributed by atoms with E-state index in [-0.39, 0.29) is 18.6 Å². The fourth-order valence-electron chi connectivity index (χ4n) is 0.971. The quantitative estimate of drug-likeness (QED) is 0.707. The lowest BCUT2D eigenvalue weighted by atomic mass is 10.2. The summed E-state index contributed by atoms with van der Waals surface area (Å²) < 4.78 is 0. The van der Waals surface area contributed by atoms with E-state index >= 15 is 0 Å². The maximum absolute atomic E-state index is 11.5. The molecular formula is C9H13N3O2. The molecule has 0 bridgehead atoms. The first-order chi connectivity index (χ1) is 6.77. The third-order valence-corrected chi connectivity index (χ3v) is 1.89. The Hall–Kier alpha value is -1.49. The molecule has 1 rings (SSSR count). The number of aliphatic hydroxyl groups is 1. The zero-order chi connectivity index (χ0) is 10.4. The summed E-state index contributed by atoms with van der Waals surface area (Å²) in [5.74, 6) is -0.235. The molecule has 0 aromatic carbocycles. The van der Waals surface area contributed by atoms with Gasteiger partial charge in [0.25, 0.3) is 5.91 Å². The summed E-state index contributed by atoms with van der Waals surface area (Å²) in [5, 5.41) is 18.7. The van der Waals surface area contributed by atoms with Crippen molar-refractivity contribution < 1.29 is 9.90 Å². The molecule has 1 aromatic heterocycles. The number of nitrogens with one attached hydrogen (secondary N) is 1. The van der Waals surface area contributed by atoms with Crippen LogP contribution in [0.2, 0.25) is 0 Å². The van der Waals surface area contributed by atoms with Crippen molar-refractivity contribution in [1.29, 1.82) is 0 Å². The lowest BCUT2D eigenvalue weighted by Gasteiger charge is -2.13. The Morgan fingerprint density at radius 1 is 1.64 bits per heavy atom. The molecule has 0 fully saturated rings. The molecule has 76 valence electrons. The average molecular weight is 195 g/mol. The fourth-order valence-corrected chi connectivity index (χ4v) is 0.971. The number of aromatic nitrogens is 2. The van der Waals surface area contributed by atoms with Crippen LogP contribution in [0.3, 0.4) is 0 Å². The Morgan fingerprint density at radius 3 is 2.93 bits per heavy atom. The molecule has 1 unspecified atom stereocenters. The zero-order valence-electron chi connectivity index (χ0n) is 7.97. The van der Waals surface area contributed by atoms with Crippen LogP contribution in [0.25, 0.3) is 0 Å². The lowest BCUT2D eigenvalue weighted by Crippen LogP contribution is -2.36. The smallest absolute Gasteiger partial charge is 0.253 e. The molecule has 0 aliphatic heterocycles. The van der Waals surface area contributed by atoms with E-state index in [9.17, 15) is 4.79 Å². The van der Waals surface area contributed by atoms with Crippen molar-refractivity contribution in [2.75, 3.05) is 6.61 Å². The Morgan fingerprint density at radius 2 is 2.43 bits per heavy atom. The molecule has 0 aliphatic rings. The summed E-state index contributed by atoms with van der Waals surface area (Å²) in [5.41, 5.74) is 0.451. The summed E-state index contributed by atoms with van der Waals surface area (Å²) in [4.78, 5) is 11.5. The van der Waals surface area contributed by atoms with Crippen molar-refractivity contribution in [3.05, 3.63) is 24.0 Å². The normalized spacial score (nSPS) is 12.1. The van der Waals surface area contributed by atoms with Crippen LogP contribution in [0, 0.1) is 0 Å². The van der Waals surface area contributed by atoms with Crippen molar-refractivity contribution in [3.63, 3.8) is 0 Å². The third-order valence-electron chi connectivity index (χ3n) is 1.89. The molecule has 0 saturated heterocycles. The minimum Gasteiger partial charge on any atom is -0.394 e. The molecule has 1 aromatic rings. The number of hydrogen-bond donors (Lipinski definition) is 2. The number of nitrogens with zero attached hydrogens (tertiary/aromatic N) is 2. The fraction of sp³-hybridized carbons (Fsp3) is 0.444. The van der Waals surface area contributed by atoms with Crippen molar-refractivity contribution in [3.8, 4) is 0 Å². The molecular weight excluding hydrogens is 182 g/mol. The Balaban J connectivity index is 2.59. The minimum atomic E-state index is -0.235. The van der Waals surface area contributed by atoms with E-state index in [1.165, 1.54) is 12.4 Å². The van der Waals surface area contributed by atoms with Gasteiger partial charge < -0.3 is 10.4 Å². The van der Waals surface area contributed by atoms with Crippen LogP contribution in [0.5, 0.6) is 0 Å². The maximum atomic E-state index is 11.5. The molecule has 0 radical (unpaired) electrons. The zero-order valence-corrected chi connectivity index (χ0v) is 7.97. The Kier molecular flexibility index (Phi) is 4.00. The second kappa shape index (κ2) is 5.29. The second-order valence-corrected chi connectivity index (χ2v) is 2.89. The highest BCUT2D eigenvalue weighted by molar-refractivity contribution is 5.93. The number of carbonyl (C=O) groups is 1. The van der Waals surface area contributed by atoms with E-state index in [4.69, 9.17) is 5.11 Å². The first-order valence-electron chi connectivity index (χ1n) is 4.46. The van der Waals surface area contributed by atoms with Crippen LogP contribution in [-0.2, 0) is 0 Å². The monoisotopic (exact) mass is 195 g/mol. The molecule has 1 heterocycles. The summed E-state index contributed by atoms with van der Waals surface area (Å²) in [7, 11) is 0. The van der Waals surface area contributed by atoms with E-state index in [0.717, 1.165) is 0 Å². The van der Waals surface area contributed by atoms with Gasteiger partial charge in [-0.15, -0.1) is 0 Å². The van der Waals surface area contributed by atoms with E-state index in [0.29, 0.717) is 12.0 Å². The molecule has 14 heavy (non-hydrogen) atoms. The van der Waals surface area contributed by atoms with Gasteiger partial charge in [-0.25, -0.2) is 0 Å². The van der Waals surface area contributed by atoms with E-state index < -0.39 is 0 Å². The molecule has 0 aliphatic carbocycles. The summed E-state index contributed by atoms with van der Waals surface area (Å²) in [6.45, 7) is 1.84. The molecule has 0 spiro atoms. The maximum Gasteiger partial charge on any atom is 0.253 e. The van der Waals surface area contributed by atoms with Crippen LogP contribution < -0.4 is 5.32 Å². The van der Waals surface area contributed by atoms with Crippen molar-refractivity contribution in [2.45, 2.75) is 19.4 Å². The van der Waals surface area contributed by atoms with E-state index in [1.54, 1.807) is 6.07 Å². The van der Waals surface area contributed by atoms with Gasteiger partial charge in [0, 0.05) is 0 Å². The van der Waals surface area contributed by atoms with Crippen LogP contribution in [0.4, 0.5) is 0 Å². The van der Waals surface area contributed by atoms with Gasteiger partial charge in [-0.3, -0.25) is 4.79 Å². The molecule has 1 amide bonds. The summed E-state index contributed by atoms with van der Waals surface area (Å²) >= 11 is 0. The number of amides is 1. The largest absolute Gasteiger partial charge is 0.394 e. The predicted octanol–water partition coefficient (Wildman–Crippen LogP) is -0.0227. The van der Waals surface area contributed by atoms with Crippen LogP contribution in [0.1, 0.15) is 23.7 Å². The standard InChI is InChI=1S/C9H13N3O2/c1-2-8(6-13)12-9(14)7-3-4-10-11-5-7/h3-5,8,13H,2,6H2,1H3,(H,12,14). The highest BCUT2D eigenvalue weighted by Gasteiger charge is 2.10. The second-order valence-electron chi connectivity index (χ2n) is 2.89. The minimum absolute atomic E-state index is 0.0548. The van der Waals surface area contributed by atoms with Crippen LogP contribution in [-0.4, -0.2) is 33.9 Å². The van der Waals surface area contributed by atoms with Gasteiger partial charge in [0.1, 0.15) is 0 Å². The number of hydrogen-bond acceptors (Lipinski definition) is 4. The first-order valence-corrected chi connectivity index (χ1v) is 4.46. The Labute approximate surface area is 82.2 Å². The third kappa shape index (κ3) is 2.77. The molecule has 5 nitrogen and oxygen atoms in total. The first kappa shape index (κ1) is 10.6. The van der Waals surface area contributed by atoms with Crippen molar-refractivity contribution >= 4 is 5.91 Å². The van der Waals surface area contributed by atoms with Crippen LogP contribution in [0.15, 0.2) is 18.5 Å². The lowest BCUT2D eigenvalue weighted by molar-refractivity contribution is 0.0914. The number of aliphatic hydroxyl groups excluding tert-OH is 1. The van der Waals surface area contributed by atoms with Crippen LogP contribution >= 0.6 is 0 Å². The van der Waals surface area contributed by atoms with Gasteiger partial charge in [-0.2, -0.15) is 10.2 Å². The molecule has 1 atom stereocenters. The van der Waals surface area contributed by atoms with Gasteiger partial charge in [-0.05, 0) is 12.5 Å². The average Bonchev–Trinajstić information content (AvgIpc) is 2.26. The number of rotatable bonds is 4. The molecule has 2 N–H and O–H groups in total. The molecule has 5 heteroatoms. The predicted molar refractivity (Wildman–Crippen MR) is 50.7 cm³/mol. The summed E-state index contributed by atoms with van der Waals surface area (Å²) in [6, 6.07) is 1.38. The Bertz CT molecular complexity index is 285. The van der Waals surface area contributed by atoms with Gasteiger partial charge in [0.05, 0.1) is 30.6 Å². The number of carbonyl (C=O) groups excluding carboxylic acids is 1. The highest BCUT2D eigenvalue weighted by atomic mass is 16.3. The SMILES string of the molecule is CCC(CO)NC(=O)c1ccnnc1. The summed E-state index contributed by atoms with van der Waals surface area (Å²) in [6.07, 6.45) is 3.54. The van der Waals surface area contributed by atoms with Gasteiger partial charge >= 0.3 is 0 Å². The van der Waals surface area contributed by atoms with E-state index in [2.05, 4.69) is 15.5 Å². The topological polar surface area (TPSA) is 75.1 Å². The van der Waals surface area contributed by atoms with Gasteiger partial charge in [0.15, 0.2) is 0 Å².